The molecule has 0 aliphatic carbocycles. The van der Waals surface area contributed by atoms with Gasteiger partial charge in [-0.05, 0) is 30.3 Å². The van der Waals surface area contributed by atoms with Crippen molar-refractivity contribution in [3.05, 3.63) is 70.5 Å². The van der Waals surface area contributed by atoms with E-state index in [1.54, 1.807) is 42.5 Å². The molecular formula is C19H15N3O4. The summed E-state index contributed by atoms with van der Waals surface area (Å²) >= 11 is 0. The summed E-state index contributed by atoms with van der Waals surface area (Å²) in [5.41, 5.74) is 2.13. The number of rotatable bonds is 3. The summed E-state index contributed by atoms with van der Waals surface area (Å²) in [6.45, 7) is 0.872. The second kappa shape index (κ2) is 6.72. The number of carbonyl (C=O) groups is 1. The van der Waals surface area contributed by atoms with Gasteiger partial charge in [-0.25, -0.2) is 5.10 Å². The van der Waals surface area contributed by atoms with Crippen LogP contribution in [0.2, 0.25) is 0 Å². The smallest absolute Gasteiger partial charge is 0.264 e. The third kappa shape index (κ3) is 3.14. The van der Waals surface area contributed by atoms with Crippen molar-refractivity contribution in [1.82, 2.24) is 10.2 Å². The number of hydrogen-bond donors (Lipinski definition) is 2. The fraction of sp³-hybridized carbons (Fsp3) is 0.105. The van der Waals surface area contributed by atoms with Gasteiger partial charge in [0.05, 0.1) is 11.3 Å². The molecule has 0 radical (unpaired) electrons. The van der Waals surface area contributed by atoms with Gasteiger partial charge in [-0.15, -0.1) is 0 Å². The number of aromatic amines is 1. The second-order valence-electron chi connectivity index (χ2n) is 5.67. The largest absolute Gasteiger partial charge is 0.486 e. The number of fused-ring (bicyclic) bond motifs is 1. The molecule has 0 saturated heterocycles. The first-order chi connectivity index (χ1) is 12.7. The van der Waals surface area contributed by atoms with Gasteiger partial charge in [-0.1, -0.05) is 18.2 Å². The Hall–Kier alpha value is -3.61. The molecular weight excluding hydrogens is 334 g/mol. The summed E-state index contributed by atoms with van der Waals surface area (Å²) in [7, 11) is 0. The number of hydrogen-bond acceptors (Lipinski definition) is 5. The molecule has 3 aromatic rings. The standard InChI is InChI=1S/C19H15N3O4/c23-17-8-7-15(21-22-17)12-3-1-4-13(11-12)20-19(24)14-5-2-6-16-18(14)26-10-9-25-16/h1-8,11H,9-10H2,(H,20,24)(H,22,23). The lowest BCUT2D eigenvalue weighted by Gasteiger charge is -2.20. The topological polar surface area (TPSA) is 93.3 Å². The van der Waals surface area contributed by atoms with E-state index in [9.17, 15) is 9.59 Å². The van der Waals surface area contributed by atoms with Gasteiger partial charge in [0.25, 0.3) is 11.5 Å². The number of nitrogens with one attached hydrogen (secondary N) is 2. The minimum Gasteiger partial charge on any atom is -0.486 e. The number of aromatic nitrogens is 2. The molecule has 26 heavy (non-hydrogen) atoms. The first kappa shape index (κ1) is 15.9. The SMILES string of the molecule is O=C(Nc1cccc(-c2ccc(=O)[nH]n2)c1)c1cccc2c1OCCO2. The van der Waals surface area contributed by atoms with E-state index in [1.807, 2.05) is 6.07 Å². The Bertz CT molecular complexity index is 1010. The number of carbonyl (C=O) groups excluding carboxylic acids is 1. The van der Waals surface area contributed by atoms with Gasteiger partial charge < -0.3 is 14.8 Å². The Morgan fingerprint density at radius 2 is 1.88 bits per heavy atom. The van der Waals surface area contributed by atoms with Gasteiger partial charge in [0, 0.05) is 17.3 Å². The van der Waals surface area contributed by atoms with E-state index < -0.39 is 0 Å². The normalized spacial score (nSPS) is 12.5. The fourth-order valence-corrected chi connectivity index (χ4v) is 2.71. The molecule has 1 aromatic heterocycles. The maximum absolute atomic E-state index is 12.7. The molecule has 1 amide bonds. The molecule has 1 aliphatic heterocycles. The molecule has 2 N–H and O–H groups in total. The average Bonchev–Trinajstić information content (AvgIpc) is 2.68. The van der Waals surface area contributed by atoms with E-state index in [0.29, 0.717) is 41.7 Å². The molecule has 2 heterocycles. The fourth-order valence-electron chi connectivity index (χ4n) is 2.71. The van der Waals surface area contributed by atoms with Crippen molar-refractivity contribution in [3.8, 4) is 22.8 Å². The Balaban J connectivity index is 1.60. The molecule has 1 aliphatic rings. The first-order valence-electron chi connectivity index (χ1n) is 8.07. The van der Waals surface area contributed by atoms with Gasteiger partial charge in [-0.3, -0.25) is 9.59 Å². The van der Waals surface area contributed by atoms with Crippen LogP contribution in [0.3, 0.4) is 0 Å². The minimum atomic E-state index is -0.293. The van der Waals surface area contributed by atoms with Crippen LogP contribution in [0, 0.1) is 0 Å². The number of benzene rings is 2. The second-order valence-corrected chi connectivity index (χ2v) is 5.67. The van der Waals surface area contributed by atoms with Crippen LogP contribution in [-0.4, -0.2) is 29.3 Å². The zero-order chi connectivity index (χ0) is 17.9. The summed E-state index contributed by atoms with van der Waals surface area (Å²) in [5.74, 6) is 0.726. The molecule has 2 aromatic carbocycles. The number of ether oxygens (including phenoxy) is 2. The molecule has 4 rings (SSSR count). The predicted molar refractivity (Wildman–Crippen MR) is 95.7 cm³/mol. The van der Waals surface area contributed by atoms with Gasteiger partial charge in [-0.2, -0.15) is 5.10 Å². The van der Waals surface area contributed by atoms with E-state index in [0.717, 1.165) is 5.56 Å². The summed E-state index contributed by atoms with van der Waals surface area (Å²) in [5, 5.41) is 9.25. The Labute approximate surface area is 148 Å². The Kier molecular flexibility index (Phi) is 4.10. The van der Waals surface area contributed by atoms with Crippen LogP contribution in [0.5, 0.6) is 11.5 Å². The van der Waals surface area contributed by atoms with E-state index in [-0.39, 0.29) is 11.5 Å². The average molecular weight is 349 g/mol. The first-order valence-corrected chi connectivity index (χ1v) is 8.07. The summed E-state index contributed by atoms with van der Waals surface area (Å²) < 4.78 is 11.1. The number of para-hydroxylation sites is 1. The molecule has 0 fully saturated rings. The summed E-state index contributed by atoms with van der Waals surface area (Å²) in [6, 6.07) is 15.5. The molecule has 0 spiro atoms. The van der Waals surface area contributed by atoms with Crippen molar-refractivity contribution in [2.24, 2.45) is 0 Å². The summed E-state index contributed by atoms with van der Waals surface area (Å²) in [6.07, 6.45) is 0. The Morgan fingerprint density at radius 3 is 2.73 bits per heavy atom. The van der Waals surface area contributed by atoms with Gasteiger partial charge in [0.15, 0.2) is 11.5 Å². The molecule has 0 saturated carbocycles. The van der Waals surface area contributed by atoms with Gasteiger partial charge in [0.2, 0.25) is 0 Å². The molecule has 7 nitrogen and oxygen atoms in total. The van der Waals surface area contributed by atoms with Crippen LogP contribution in [-0.2, 0) is 0 Å². The van der Waals surface area contributed by atoms with E-state index in [4.69, 9.17) is 9.47 Å². The zero-order valence-corrected chi connectivity index (χ0v) is 13.7. The van der Waals surface area contributed by atoms with Crippen LogP contribution in [0.4, 0.5) is 5.69 Å². The zero-order valence-electron chi connectivity index (χ0n) is 13.7. The highest BCUT2D eigenvalue weighted by Crippen LogP contribution is 2.34. The number of anilines is 1. The molecule has 0 atom stereocenters. The lowest BCUT2D eigenvalue weighted by Crippen LogP contribution is -2.20. The van der Waals surface area contributed by atoms with Crippen molar-refractivity contribution < 1.29 is 14.3 Å². The highest BCUT2D eigenvalue weighted by atomic mass is 16.6. The Morgan fingerprint density at radius 1 is 1.04 bits per heavy atom. The van der Waals surface area contributed by atoms with Crippen molar-refractivity contribution in [3.63, 3.8) is 0 Å². The lowest BCUT2D eigenvalue weighted by molar-refractivity contribution is 0.101. The molecule has 130 valence electrons. The maximum atomic E-state index is 12.7. The van der Waals surface area contributed by atoms with Crippen LogP contribution in [0.15, 0.2) is 59.4 Å². The van der Waals surface area contributed by atoms with Crippen molar-refractivity contribution in [2.75, 3.05) is 18.5 Å². The number of H-pyrrole nitrogens is 1. The summed E-state index contributed by atoms with van der Waals surface area (Å²) in [4.78, 5) is 23.8. The quantitative estimate of drug-likeness (QED) is 0.758. The van der Waals surface area contributed by atoms with E-state index in [1.165, 1.54) is 6.07 Å². The van der Waals surface area contributed by atoms with E-state index >= 15 is 0 Å². The maximum Gasteiger partial charge on any atom is 0.264 e. The number of amides is 1. The van der Waals surface area contributed by atoms with Gasteiger partial charge >= 0.3 is 0 Å². The monoisotopic (exact) mass is 349 g/mol. The van der Waals surface area contributed by atoms with Crippen LogP contribution in [0.25, 0.3) is 11.3 Å². The van der Waals surface area contributed by atoms with Crippen molar-refractivity contribution >= 4 is 11.6 Å². The third-order valence-corrected chi connectivity index (χ3v) is 3.91. The molecule has 0 bridgehead atoms. The van der Waals surface area contributed by atoms with Crippen LogP contribution in [0.1, 0.15) is 10.4 Å². The van der Waals surface area contributed by atoms with Crippen LogP contribution < -0.4 is 20.3 Å². The molecule has 7 heteroatoms. The molecule has 0 unspecified atom stereocenters. The van der Waals surface area contributed by atoms with Gasteiger partial charge in [0.1, 0.15) is 13.2 Å². The third-order valence-electron chi connectivity index (χ3n) is 3.91. The lowest BCUT2D eigenvalue weighted by atomic mass is 10.1. The number of nitrogens with zero attached hydrogens (tertiary/aromatic N) is 1. The van der Waals surface area contributed by atoms with Crippen LogP contribution >= 0.6 is 0 Å². The van der Waals surface area contributed by atoms with E-state index in [2.05, 4.69) is 15.5 Å². The van der Waals surface area contributed by atoms with Crippen molar-refractivity contribution in [2.45, 2.75) is 0 Å². The predicted octanol–water partition coefficient (Wildman–Crippen LogP) is 2.46. The minimum absolute atomic E-state index is 0.269. The highest BCUT2D eigenvalue weighted by molar-refractivity contribution is 6.07. The van der Waals surface area contributed by atoms with Crippen molar-refractivity contribution in [1.29, 1.82) is 0 Å². The highest BCUT2D eigenvalue weighted by Gasteiger charge is 2.20.